The van der Waals surface area contributed by atoms with E-state index in [0.29, 0.717) is 6.61 Å². The van der Waals surface area contributed by atoms with Crippen molar-refractivity contribution in [3.63, 3.8) is 0 Å². The molecular weight excluding hydrogens is 248 g/mol. The van der Waals surface area contributed by atoms with E-state index in [-0.39, 0.29) is 11.9 Å². The Morgan fingerprint density at radius 2 is 1.60 bits per heavy atom. The molecule has 120 valence electrons. The van der Waals surface area contributed by atoms with Crippen LogP contribution in [0.2, 0.25) is 0 Å². The predicted octanol–water partition coefficient (Wildman–Crippen LogP) is 5.60. The van der Waals surface area contributed by atoms with Crippen molar-refractivity contribution in [1.82, 2.24) is 0 Å². The maximum Gasteiger partial charge on any atom is 0.308 e. The Hall–Kier alpha value is -0.530. The van der Waals surface area contributed by atoms with Gasteiger partial charge in [0.05, 0.1) is 12.5 Å². The number of carbonyl (C=O) groups is 1. The molecule has 0 aliphatic carbocycles. The number of carbonyl (C=O) groups excluding carboxylic acids is 1. The van der Waals surface area contributed by atoms with E-state index in [1.165, 1.54) is 19.3 Å². The molecule has 0 heterocycles. The van der Waals surface area contributed by atoms with E-state index in [9.17, 15) is 4.79 Å². The molecule has 0 aliphatic heterocycles. The number of unbranched alkanes of at least 4 members (excludes halogenated alkanes) is 2. The van der Waals surface area contributed by atoms with Gasteiger partial charge in [0.25, 0.3) is 0 Å². The Morgan fingerprint density at radius 1 is 0.900 bits per heavy atom. The summed E-state index contributed by atoms with van der Waals surface area (Å²) in [7, 11) is 0. The number of ether oxygens (including phenoxy) is 1. The van der Waals surface area contributed by atoms with Crippen molar-refractivity contribution in [2.45, 2.75) is 86.0 Å². The maximum atomic E-state index is 11.9. The van der Waals surface area contributed by atoms with Crippen molar-refractivity contribution >= 4 is 5.97 Å². The molecule has 3 atom stereocenters. The SMILES string of the molecule is CCCCC(CC)C(=O)OCCCCC(C)C(C)CC. The first-order chi connectivity index (χ1) is 9.56. The largest absolute Gasteiger partial charge is 0.465 e. The zero-order valence-corrected chi connectivity index (χ0v) is 14.4. The van der Waals surface area contributed by atoms with Gasteiger partial charge in [-0.25, -0.2) is 0 Å². The highest BCUT2D eigenvalue weighted by atomic mass is 16.5. The summed E-state index contributed by atoms with van der Waals surface area (Å²) < 4.78 is 5.42. The highest BCUT2D eigenvalue weighted by Crippen LogP contribution is 2.20. The Bertz CT molecular complexity index is 238. The van der Waals surface area contributed by atoms with Crippen LogP contribution in [0, 0.1) is 17.8 Å². The highest BCUT2D eigenvalue weighted by molar-refractivity contribution is 5.72. The lowest BCUT2D eigenvalue weighted by atomic mass is 9.89. The van der Waals surface area contributed by atoms with Crippen LogP contribution < -0.4 is 0 Å². The maximum absolute atomic E-state index is 11.9. The van der Waals surface area contributed by atoms with Gasteiger partial charge in [-0.3, -0.25) is 4.79 Å². The topological polar surface area (TPSA) is 26.3 Å². The van der Waals surface area contributed by atoms with Crippen LogP contribution in [0.1, 0.15) is 86.0 Å². The molecule has 2 nitrogen and oxygen atoms in total. The summed E-state index contributed by atoms with van der Waals surface area (Å²) in [6, 6.07) is 0. The fourth-order valence-electron chi connectivity index (χ4n) is 2.49. The third kappa shape index (κ3) is 8.60. The summed E-state index contributed by atoms with van der Waals surface area (Å²) in [4.78, 5) is 11.9. The van der Waals surface area contributed by atoms with Crippen molar-refractivity contribution in [3.8, 4) is 0 Å². The molecule has 0 aromatic heterocycles. The molecule has 0 spiro atoms. The zero-order valence-electron chi connectivity index (χ0n) is 14.4. The third-order valence-electron chi connectivity index (χ3n) is 4.65. The van der Waals surface area contributed by atoms with Gasteiger partial charge in [-0.05, 0) is 37.5 Å². The van der Waals surface area contributed by atoms with Crippen molar-refractivity contribution < 1.29 is 9.53 Å². The lowest BCUT2D eigenvalue weighted by molar-refractivity contribution is -0.149. The Balaban J connectivity index is 3.70. The van der Waals surface area contributed by atoms with Crippen LogP contribution in [-0.2, 0) is 9.53 Å². The van der Waals surface area contributed by atoms with Crippen LogP contribution in [0.25, 0.3) is 0 Å². The van der Waals surface area contributed by atoms with E-state index in [2.05, 4.69) is 34.6 Å². The van der Waals surface area contributed by atoms with E-state index in [1.807, 2.05) is 0 Å². The molecule has 0 radical (unpaired) electrons. The van der Waals surface area contributed by atoms with E-state index in [4.69, 9.17) is 4.74 Å². The molecule has 0 rings (SSSR count). The molecule has 0 fully saturated rings. The summed E-state index contributed by atoms with van der Waals surface area (Å²) >= 11 is 0. The Morgan fingerprint density at radius 3 is 2.15 bits per heavy atom. The van der Waals surface area contributed by atoms with Crippen LogP contribution in [0.15, 0.2) is 0 Å². The molecule has 2 heteroatoms. The summed E-state index contributed by atoms with van der Waals surface area (Å²) in [5, 5.41) is 0. The normalized spacial score (nSPS) is 15.7. The van der Waals surface area contributed by atoms with Crippen LogP contribution >= 0.6 is 0 Å². The minimum atomic E-state index is 0.0240. The van der Waals surface area contributed by atoms with Gasteiger partial charge in [-0.2, -0.15) is 0 Å². The fourth-order valence-corrected chi connectivity index (χ4v) is 2.49. The standard InChI is InChI=1S/C18H36O2/c1-6-9-13-17(8-3)18(19)20-14-11-10-12-16(5)15(4)7-2/h15-17H,6-14H2,1-5H3. The molecule has 0 N–H and O–H groups in total. The Kier molecular flexibility index (Phi) is 11.9. The first-order valence-electron chi connectivity index (χ1n) is 8.73. The number of hydrogen-bond acceptors (Lipinski definition) is 2. The van der Waals surface area contributed by atoms with Crippen LogP contribution in [0.3, 0.4) is 0 Å². The molecule has 20 heavy (non-hydrogen) atoms. The van der Waals surface area contributed by atoms with E-state index in [0.717, 1.165) is 43.9 Å². The molecule has 0 aromatic carbocycles. The monoisotopic (exact) mass is 284 g/mol. The molecule has 0 aliphatic rings. The molecule has 0 amide bonds. The van der Waals surface area contributed by atoms with Crippen molar-refractivity contribution in [1.29, 1.82) is 0 Å². The van der Waals surface area contributed by atoms with Gasteiger partial charge < -0.3 is 4.74 Å². The second kappa shape index (κ2) is 12.2. The second-order valence-corrected chi connectivity index (χ2v) is 6.27. The van der Waals surface area contributed by atoms with Crippen molar-refractivity contribution in [2.24, 2.45) is 17.8 Å². The average Bonchev–Trinajstić information content (AvgIpc) is 2.46. The minimum absolute atomic E-state index is 0.0240. The molecule has 3 unspecified atom stereocenters. The minimum Gasteiger partial charge on any atom is -0.465 e. The first-order valence-corrected chi connectivity index (χ1v) is 8.73. The Labute approximate surface area is 126 Å². The summed E-state index contributed by atoms with van der Waals surface area (Å²) in [6.07, 6.45) is 8.85. The molecule has 0 saturated heterocycles. The molecular formula is C18H36O2. The van der Waals surface area contributed by atoms with Gasteiger partial charge >= 0.3 is 5.97 Å². The summed E-state index contributed by atoms with van der Waals surface area (Å²) in [5.74, 6) is 1.73. The predicted molar refractivity (Wildman–Crippen MR) is 86.7 cm³/mol. The number of esters is 1. The van der Waals surface area contributed by atoms with Crippen molar-refractivity contribution in [2.75, 3.05) is 6.61 Å². The third-order valence-corrected chi connectivity index (χ3v) is 4.65. The lowest BCUT2D eigenvalue weighted by Crippen LogP contribution is -2.18. The molecule has 0 saturated carbocycles. The van der Waals surface area contributed by atoms with Gasteiger partial charge in [0, 0.05) is 0 Å². The number of hydrogen-bond donors (Lipinski definition) is 0. The smallest absolute Gasteiger partial charge is 0.308 e. The van der Waals surface area contributed by atoms with E-state index < -0.39 is 0 Å². The van der Waals surface area contributed by atoms with Gasteiger partial charge in [-0.1, -0.05) is 60.3 Å². The lowest BCUT2D eigenvalue weighted by Gasteiger charge is -2.18. The quantitative estimate of drug-likeness (QED) is 0.344. The fraction of sp³-hybridized carbons (Fsp3) is 0.944. The average molecular weight is 284 g/mol. The van der Waals surface area contributed by atoms with Crippen LogP contribution in [0.5, 0.6) is 0 Å². The summed E-state index contributed by atoms with van der Waals surface area (Å²) in [5.41, 5.74) is 0. The molecule has 0 aromatic rings. The van der Waals surface area contributed by atoms with E-state index >= 15 is 0 Å². The zero-order chi connectivity index (χ0) is 15.4. The van der Waals surface area contributed by atoms with Crippen LogP contribution in [-0.4, -0.2) is 12.6 Å². The second-order valence-electron chi connectivity index (χ2n) is 6.27. The van der Waals surface area contributed by atoms with Gasteiger partial charge in [0.1, 0.15) is 0 Å². The number of rotatable bonds is 12. The van der Waals surface area contributed by atoms with Crippen LogP contribution in [0.4, 0.5) is 0 Å². The van der Waals surface area contributed by atoms with E-state index in [1.54, 1.807) is 0 Å². The highest BCUT2D eigenvalue weighted by Gasteiger charge is 2.17. The first kappa shape index (κ1) is 19.5. The van der Waals surface area contributed by atoms with Gasteiger partial charge in [-0.15, -0.1) is 0 Å². The van der Waals surface area contributed by atoms with Crippen molar-refractivity contribution in [3.05, 3.63) is 0 Å². The summed E-state index contributed by atoms with van der Waals surface area (Å²) in [6.45, 7) is 11.8. The van der Waals surface area contributed by atoms with Gasteiger partial charge in [0.15, 0.2) is 0 Å². The molecule has 0 bridgehead atoms. The van der Waals surface area contributed by atoms with Gasteiger partial charge in [0.2, 0.25) is 0 Å².